The fourth-order valence-corrected chi connectivity index (χ4v) is 4.13. The van der Waals surface area contributed by atoms with Gasteiger partial charge in [0.1, 0.15) is 0 Å². The molecule has 4 rings (SSSR count). The lowest BCUT2D eigenvalue weighted by atomic mass is 10.1. The molecule has 1 saturated heterocycles. The number of benzene rings is 1. The first kappa shape index (κ1) is 20.4. The van der Waals surface area contributed by atoms with E-state index in [4.69, 9.17) is 4.98 Å². The Bertz CT molecular complexity index is 1150. The lowest BCUT2D eigenvalue weighted by Gasteiger charge is -2.35. The summed E-state index contributed by atoms with van der Waals surface area (Å²) in [6.45, 7) is 9.49. The van der Waals surface area contributed by atoms with Crippen LogP contribution in [0.1, 0.15) is 30.9 Å². The second kappa shape index (κ2) is 8.47. The van der Waals surface area contributed by atoms with E-state index in [2.05, 4.69) is 52.9 Å². The lowest BCUT2D eigenvalue weighted by Crippen LogP contribution is -2.47. The van der Waals surface area contributed by atoms with Gasteiger partial charge in [-0.2, -0.15) is 4.98 Å². The molecule has 1 aromatic carbocycles. The average molecular weight is 411 g/mol. The van der Waals surface area contributed by atoms with Crippen molar-refractivity contribution in [2.45, 2.75) is 39.8 Å². The highest BCUT2D eigenvalue weighted by Gasteiger charge is 2.24. The number of fused-ring (bicyclic) bond motifs is 1. The Labute approximate surface area is 175 Å². The number of nitrogens with zero attached hydrogens (tertiary/aromatic N) is 5. The van der Waals surface area contributed by atoms with E-state index in [1.807, 2.05) is 4.57 Å². The van der Waals surface area contributed by atoms with Gasteiger partial charge in [0.05, 0.1) is 0 Å². The molecule has 30 heavy (non-hydrogen) atoms. The van der Waals surface area contributed by atoms with E-state index in [9.17, 15) is 9.59 Å². The maximum atomic E-state index is 12.6. The summed E-state index contributed by atoms with van der Waals surface area (Å²) < 4.78 is 3.42. The molecule has 3 aromatic rings. The summed E-state index contributed by atoms with van der Waals surface area (Å²) in [6.07, 6.45) is 1.97. The molecule has 0 saturated carbocycles. The molecular formula is C22H30N6O2. The molecule has 1 N–H and O–H groups in total. The highest BCUT2D eigenvalue weighted by molar-refractivity contribution is 5.74. The van der Waals surface area contributed by atoms with Crippen molar-refractivity contribution in [3.8, 4) is 0 Å². The van der Waals surface area contributed by atoms with E-state index in [1.165, 1.54) is 15.7 Å². The molecule has 1 aliphatic rings. The molecule has 160 valence electrons. The molecule has 0 spiro atoms. The van der Waals surface area contributed by atoms with Crippen LogP contribution in [-0.4, -0.2) is 50.2 Å². The largest absolute Gasteiger partial charge is 0.340 e. The summed E-state index contributed by atoms with van der Waals surface area (Å²) in [5.74, 6) is 0.792. The van der Waals surface area contributed by atoms with Gasteiger partial charge in [-0.05, 0) is 24.5 Å². The number of aryl methyl sites for hydroxylation is 3. The zero-order chi connectivity index (χ0) is 21.3. The number of nitrogens with one attached hydrogen (secondary N) is 1. The van der Waals surface area contributed by atoms with Gasteiger partial charge in [-0.1, -0.05) is 37.6 Å². The zero-order valence-electron chi connectivity index (χ0n) is 18.0. The van der Waals surface area contributed by atoms with Crippen LogP contribution in [0.2, 0.25) is 0 Å². The third kappa shape index (κ3) is 3.79. The Hall–Kier alpha value is -2.87. The molecule has 0 atom stereocenters. The molecule has 8 heteroatoms. The van der Waals surface area contributed by atoms with E-state index < -0.39 is 5.69 Å². The van der Waals surface area contributed by atoms with Crippen molar-refractivity contribution in [2.24, 2.45) is 7.05 Å². The molecule has 1 fully saturated rings. The van der Waals surface area contributed by atoms with Gasteiger partial charge < -0.3 is 9.47 Å². The summed E-state index contributed by atoms with van der Waals surface area (Å²) >= 11 is 0. The van der Waals surface area contributed by atoms with Gasteiger partial charge in [0.2, 0.25) is 5.95 Å². The summed E-state index contributed by atoms with van der Waals surface area (Å²) in [5.41, 5.74) is 2.84. The van der Waals surface area contributed by atoms with Crippen LogP contribution >= 0.6 is 0 Å². The minimum Gasteiger partial charge on any atom is -0.340 e. The number of rotatable bonds is 6. The molecule has 2 aromatic heterocycles. The first-order valence-electron chi connectivity index (χ1n) is 10.7. The van der Waals surface area contributed by atoms with Gasteiger partial charge in [0, 0.05) is 46.3 Å². The van der Waals surface area contributed by atoms with Crippen LogP contribution in [0.3, 0.4) is 0 Å². The van der Waals surface area contributed by atoms with E-state index in [1.54, 1.807) is 7.05 Å². The van der Waals surface area contributed by atoms with E-state index in [-0.39, 0.29) is 5.56 Å². The van der Waals surface area contributed by atoms with Crippen molar-refractivity contribution in [3.63, 3.8) is 0 Å². The number of imidazole rings is 1. The number of piperazine rings is 1. The van der Waals surface area contributed by atoms with Crippen molar-refractivity contribution in [2.75, 3.05) is 31.1 Å². The minimum atomic E-state index is -0.428. The predicted octanol–water partition coefficient (Wildman–Crippen LogP) is 1.85. The second-order valence-corrected chi connectivity index (χ2v) is 8.10. The minimum absolute atomic E-state index is 0.360. The summed E-state index contributed by atoms with van der Waals surface area (Å²) in [5, 5.41) is 0. The summed E-state index contributed by atoms with van der Waals surface area (Å²) in [4.78, 5) is 36.5. The number of aromatic nitrogens is 4. The number of hydrogen-bond donors (Lipinski definition) is 1. The molecular weight excluding hydrogens is 380 g/mol. The van der Waals surface area contributed by atoms with Gasteiger partial charge in [-0.3, -0.25) is 19.2 Å². The number of H-pyrrole nitrogens is 1. The Kier molecular flexibility index (Phi) is 5.76. The number of aromatic amines is 1. The quantitative estimate of drug-likeness (QED) is 0.671. The summed E-state index contributed by atoms with van der Waals surface area (Å²) in [7, 11) is 1.65. The first-order chi connectivity index (χ1) is 14.5. The predicted molar refractivity (Wildman–Crippen MR) is 119 cm³/mol. The molecule has 0 bridgehead atoms. The van der Waals surface area contributed by atoms with Crippen LogP contribution < -0.4 is 16.1 Å². The number of anilines is 1. The molecule has 1 aliphatic heterocycles. The Morgan fingerprint density at radius 2 is 1.83 bits per heavy atom. The Morgan fingerprint density at radius 3 is 2.53 bits per heavy atom. The van der Waals surface area contributed by atoms with Gasteiger partial charge in [-0.15, -0.1) is 0 Å². The van der Waals surface area contributed by atoms with E-state index in [0.29, 0.717) is 17.7 Å². The first-order valence-corrected chi connectivity index (χ1v) is 10.7. The molecule has 0 radical (unpaired) electrons. The van der Waals surface area contributed by atoms with Crippen LogP contribution in [0.15, 0.2) is 33.9 Å². The van der Waals surface area contributed by atoms with E-state index in [0.717, 1.165) is 51.5 Å². The lowest BCUT2D eigenvalue weighted by molar-refractivity contribution is 0.247. The smallest absolute Gasteiger partial charge is 0.329 e. The van der Waals surface area contributed by atoms with Crippen LogP contribution in [0, 0.1) is 6.92 Å². The molecule has 0 aliphatic carbocycles. The Morgan fingerprint density at radius 1 is 1.10 bits per heavy atom. The van der Waals surface area contributed by atoms with Crippen LogP contribution in [-0.2, 0) is 20.1 Å². The molecule has 8 nitrogen and oxygen atoms in total. The fraction of sp³-hybridized carbons (Fsp3) is 0.500. The molecule has 0 amide bonds. The van der Waals surface area contributed by atoms with Gasteiger partial charge in [-0.25, -0.2) is 4.79 Å². The van der Waals surface area contributed by atoms with Crippen LogP contribution in [0.5, 0.6) is 0 Å². The second-order valence-electron chi connectivity index (χ2n) is 8.10. The standard InChI is InChI=1S/C22H30N6O2/c1-4-5-10-28-18-19(25(3)22(30)24-20(18)29)23-21(28)27-13-11-26(12-14-27)15-17-9-7-6-8-16(17)2/h6-9H,4-5,10-15H2,1-3H3,(H,24,29,30). The monoisotopic (exact) mass is 410 g/mol. The Balaban J connectivity index is 1.60. The van der Waals surface area contributed by atoms with Crippen LogP contribution in [0.25, 0.3) is 11.2 Å². The average Bonchev–Trinajstić information content (AvgIpc) is 3.13. The normalized spacial score (nSPS) is 15.2. The van der Waals surface area contributed by atoms with Crippen molar-refractivity contribution in [3.05, 3.63) is 56.2 Å². The van der Waals surface area contributed by atoms with Crippen LogP contribution in [0.4, 0.5) is 5.95 Å². The zero-order valence-corrected chi connectivity index (χ0v) is 18.0. The van der Waals surface area contributed by atoms with E-state index >= 15 is 0 Å². The maximum absolute atomic E-state index is 12.6. The maximum Gasteiger partial charge on any atom is 0.329 e. The number of hydrogen-bond acceptors (Lipinski definition) is 5. The van der Waals surface area contributed by atoms with Crippen molar-refractivity contribution < 1.29 is 0 Å². The highest BCUT2D eigenvalue weighted by Crippen LogP contribution is 2.22. The third-order valence-electron chi connectivity index (χ3n) is 6.03. The van der Waals surface area contributed by atoms with Crippen molar-refractivity contribution in [1.82, 2.24) is 24.0 Å². The third-order valence-corrected chi connectivity index (χ3v) is 6.03. The van der Waals surface area contributed by atoms with Crippen molar-refractivity contribution in [1.29, 1.82) is 0 Å². The topological polar surface area (TPSA) is 79.2 Å². The highest BCUT2D eigenvalue weighted by atomic mass is 16.2. The fourth-order valence-electron chi connectivity index (χ4n) is 4.13. The molecule has 0 unspecified atom stereocenters. The van der Waals surface area contributed by atoms with Gasteiger partial charge in [0.15, 0.2) is 11.2 Å². The van der Waals surface area contributed by atoms with Crippen molar-refractivity contribution >= 4 is 17.1 Å². The van der Waals surface area contributed by atoms with Gasteiger partial charge in [0.25, 0.3) is 5.56 Å². The van der Waals surface area contributed by atoms with Gasteiger partial charge >= 0.3 is 5.69 Å². The number of unbranched alkanes of at least 4 members (excludes halogenated alkanes) is 1. The summed E-state index contributed by atoms with van der Waals surface area (Å²) in [6, 6.07) is 8.52. The molecule has 3 heterocycles. The SMILES string of the molecule is CCCCn1c(N2CCN(Cc3ccccc3C)CC2)nc2c1c(=O)[nH]c(=O)n2C.